The summed E-state index contributed by atoms with van der Waals surface area (Å²) in [5, 5.41) is 9.26. The number of hydrogen-bond acceptors (Lipinski definition) is 1. The van der Waals surface area contributed by atoms with Gasteiger partial charge in [0.15, 0.2) is 0 Å². The van der Waals surface area contributed by atoms with Crippen LogP contribution in [0.1, 0.15) is 29.9 Å². The Balaban J connectivity index is 1.62. The number of rotatable bonds is 4. The molecule has 0 saturated carbocycles. The maximum absolute atomic E-state index is 11.3. The highest BCUT2D eigenvalue weighted by atomic mass is 16.4. The molecular formula is C25H25NO2. The summed E-state index contributed by atoms with van der Waals surface area (Å²) in [5.41, 5.74) is 5.06. The van der Waals surface area contributed by atoms with E-state index in [0.29, 0.717) is 24.9 Å². The first-order valence-electron chi connectivity index (χ1n) is 9.90. The fourth-order valence-electron chi connectivity index (χ4n) is 4.33. The number of likely N-dealkylation sites (tertiary alicyclic amines) is 1. The molecule has 142 valence electrons. The van der Waals surface area contributed by atoms with Crippen LogP contribution in [0.25, 0.3) is 11.1 Å². The smallest absolute Gasteiger partial charge is 0.407 e. The maximum Gasteiger partial charge on any atom is 0.407 e. The minimum Gasteiger partial charge on any atom is -0.465 e. The van der Waals surface area contributed by atoms with Gasteiger partial charge in [0.1, 0.15) is 0 Å². The predicted octanol–water partition coefficient (Wildman–Crippen LogP) is 5.88. The van der Waals surface area contributed by atoms with Crippen molar-refractivity contribution in [3.63, 3.8) is 0 Å². The van der Waals surface area contributed by atoms with E-state index >= 15 is 0 Å². The van der Waals surface area contributed by atoms with Crippen molar-refractivity contribution < 1.29 is 9.90 Å². The molecule has 1 heterocycles. The molecule has 28 heavy (non-hydrogen) atoms. The fraction of sp³-hybridized carbons (Fsp3) is 0.240. The lowest BCUT2D eigenvalue weighted by Crippen LogP contribution is -2.39. The SMILES string of the molecule is O=C(O)N1CCC([C@H](c2ccccc2)c2ccc(-c3ccccc3)cc2)CC1. The molecule has 3 heteroatoms. The van der Waals surface area contributed by atoms with Crippen molar-refractivity contribution in [2.75, 3.05) is 13.1 Å². The Morgan fingerprint density at radius 3 is 1.82 bits per heavy atom. The van der Waals surface area contributed by atoms with Crippen molar-refractivity contribution >= 4 is 6.09 Å². The van der Waals surface area contributed by atoms with Crippen LogP contribution in [0.5, 0.6) is 0 Å². The molecule has 4 rings (SSSR count). The number of carbonyl (C=O) groups is 1. The Kier molecular flexibility index (Phi) is 5.43. The lowest BCUT2D eigenvalue weighted by Gasteiger charge is -2.35. The zero-order chi connectivity index (χ0) is 19.3. The van der Waals surface area contributed by atoms with E-state index in [4.69, 9.17) is 0 Å². The van der Waals surface area contributed by atoms with Crippen molar-refractivity contribution in [2.45, 2.75) is 18.8 Å². The lowest BCUT2D eigenvalue weighted by molar-refractivity contribution is 0.122. The number of piperidine rings is 1. The summed E-state index contributed by atoms with van der Waals surface area (Å²) < 4.78 is 0. The van der Waals surface area contributed by atoms with Crippen LogP contribution in [0.4, 0.5) is 4.79 Å². The second kappa shape index (κ2) is 8.30. The molecule has 1 atom stereocenters. The van der Waals surface area contributed by atoms with Crippen LogP contribution in [0.3, 0.4) is 0 Å². The Morgan fingerprint density at radius 1 is 0.750 bits per heavy atom. The second-order valence-electron chi connectivity index (χ2n) is 7.48. The second-order valence-corrected chi connectivity index (χ2v) is 7.48. The molecule has 0 spiro atoms. The molecule has 1 saturated heterocycles. The van der Waals surface area contributed by atoms with Gasteiger partial charge < -0.3 is 10.0 Å². The highest BCUT2D eigenvalue weighted by Crippen LogP contribution is 2.38. The molecule has 1 fully saturated rings. The van der Waals surface area contributed by atoms with Gasteiger partial charge >= 0.3 is 6.09 Å². The van der Waals surface area contributed by atoms with Gasteiger partial charge in [-0.3, -0.25) is 0 Å². The lowest BCUT2D eigenvalue weighted by atomic mass is 9.76. The summed E-state index contributed by atoms with van der Waals surface area (Å²) in [4.78, 5) is 12.8. The molecule has 3 nitrogen and oxygen atoms in total. The Bertz CT molecular complexity index is 898. The van der Waals surface area contributed by atoms with Gasteiger partial charge in [-0.25, -0.2) is 4.79 Å². The Morgan fingerprint density at radius 2 is 1.25 bits per heavy atom. The number of amides is 1. The average Bonchev–Trinajstić information content (AvgIpc) is 2.76. The van der Waals surface area contributed by atoms with E-state index in [1.807, 2.05) is 12.1 Å². The van der Waals surface area contributed by atoms with E-state index < -0.39 is 6.09 Å². The minimum absolute atomic E-state index is 0.293. The Hall–Kier alpha value is -3.07. The van der Waals surface area contributed by atoms with Gasteiger partial charge in [0.25, 0.3) is 0 Å². The van der Waals surface area contributed by atoms with Gasteiger partial charge in [-0.2, -0.15) is 0 Å². The molecule has 1 aliphatic heterocycles. The van der Waals surface area contributed by atoms with Crippen molar-refractivity contribution in [2.24, 2.45) is 5.92 Å². The molecule has 0 unspecified atom stereocenters. The monoisotopic (exact) mass is 371 g/mol. The molecular weight excluding hydrogens is 346 g/mol. The number of hydrogen-bond donors (Lipinski definition) is 1. The zero-order valence-electron chi connectivity index (χ0n) is 15.9. The summed E-state index contributed by atoms with van der Waals surface area (Å²) in [5.74, 6) is 0.738. The largest absolute Gasteiger partial charge is 0.465 e. The van der Waals surface area contributed by atoms with Crippen LogP contribution >= 0.6 is 0 Å². The van der Waals surface area contributed by atoms with Crippen LogP contribution in [0, 0.1) is 5.92 Å². The average molecular weight is 371 g/mol. The van der Waals surface area contributed by atoms with E-state index in [9.17, 15) is 9.90 Å². The van der Waals surface area contributed by atoms with Gasteiger partial charge in [0.2, 0.25) is 0 Å². The molecule has 0 bridgehead atoms. The van der Waals surface area contributed by atoms with E-state index in [2.05, 4.69) is 72.8 Å². The third-order valence-corrected chi connectivity index (χ3v) is 5.82. The number of benzene rings is 3. The highest BCUT2D eigenvalue weighted by molar-refractivity contribution is 5.65. The quantitative estimate of drug-likeness (QED) is 0.622. The minimum atomic E-state index is -0.804. The van der Waals surface area contributed by atoms with Gasteiger partial charge in [0, 0.05) is 19.0 Å². The molecule has 1 aliphatic rings. The van der Waals surface area contributed by atoms with Gasteiger partial charge in [-0.1, -0.05) is 84.9 Å². The number of nitrogens with zero attached hydrogens (tertiary/aromatic N) is 1. The van der Waals surface area contributed by atoms with Crippen molar-refractivity contribution in [1.29, 1.82) is 0 Å². The standard InChI is InChI=1S/C25H25NO2/c27-25(28)26-17-15-23(16-18-26)24(21-9-5-2-6-10-21)22-13-11-20(12-14-22)19-7-3-1-4-8-19/h1-14,23-24H,15-18H2,(H,27,28)/t24-/m1/s1. The molecule has 3 aromatic rings. The van der Waals surface area contributed by atoms with Gasteiger partial charge in [-0.15, -0.1) is 0 Å². The third-order valence-electron chi connectivity index (χ3n) is 5.82. The topological polar surface area (TPSA) is 40.5 Å². The van der Waals surface area contributed by atoms with E-state index in [1.54, 1.807) is 0 Å². The van der Waals surface area contributed by atoms with Crippen LogP contribution in [-0.2, 0) is 0 Å². The van der Waals surface area contributed by atoms with Crippen molar-refractivity contribution in [3.05, 3.63) is 96.1 Å². The van der Waals surface area contributed by atoms with Crippen LogP contribution < -0.4 is 0 Å². The molecule has 1 amide bonds. The highest BCUT2D eigenvalue weighted by Gasteiger charge is 2.30. The van der Waals surface area contributed by atoms with Crippen molar-refractivity contribution in [3.8, 4) is 11.1 Å². The normalized spacial score (nSPS) is 15.9. The van der Waals surface area contributed by atoms with E-state index in [1.165, 1.54) is 27.2 Å². The van der Waals surface area contributed by atoms with Crippen LogP contribution in [0.2, 0.25) is 0 Å². The summed E-state index contributed by atoms with van der Waals surface area (Å²) >= 11 is 0. The summed E-state index contributed by atoms with van der Waals surface area (Å²) in [6, 6.07) is 29.9. The Labute approximate surface area is 166 Å². The molecule has 0 aromatic heterocycles. The first kappa shape index (κ1) is 18.3. The predicted molar refractivity (Wildman–Crippen MR) is 112 cm³/mol. The molecule has 0 aliphatic carbocycles. The van der Waals surface area contributed by atoms with E-state index in [-0.39, 0.29) is 0 Å². The fourth-order valence-corrected chi connectivity index (χ4v) is 4.33. The first-order chi connectivity index (χ1) is 13.7. The summed E-state index contributed by atoms with van der Waals surface area (Å²) in [7, 11) is 0. The molecule has 0 radical (unpaired) electrons. The van der Waals surface area contributed by atoms with E-state index in [0.717, 1.165) is 12.8 Å². The van der Waals surface area contributed by atoms with Crippen LogP contribution in [0.15, 0.2) is 84.9 Å². The number of carboxylic acid groups (broad SMARTS) is 1. The molecule has 1 N–H and O–H groups in total. The van der Waals surface area contributed by atoms with Gasteiger partial charge in [0.05, 0.1) is 0 Å². The summed E-state index contributed by atoms with van der Waals surface area (Å²) in [6.45, 7) is 1.23. The van der Waals surface area contributed by atoms with Crippen molar-refractivity contribution in [1.82, 2.24) is 4.90 Å². The maximum atomic E-state index is 11.3. The molecule has 3 aromatic carbocycles. The summed E-state index contributed by atoms with van der Waals surface area (Å²) in [6.07, 6.45) is 0.987. The van der Waals surface area contributed by atoms with Gasteiger partial charge in [-0.05, 0) is 41.0 Å². The first-order valence-corrected chi connectivity index (χ1v) is 9.90. The van der Waals surface area contributed by atoms with Crippen LogP contribution in [-0.4, -0.2) is 29.2 Å². The third kappa shape index (κ3) is 3.94. The zero-order valence-corrected chi connectivity index (χ0v) is 15.9.